The number of carbonyl (C=O) groups is 2. The van der Waals surface area contributed by atoms with Crippen molar-refractivity contribution in [2.75, 3.05) is 16.8 Å². The second-order valence-electron chi connectivity index (χ2n) is 7.56. The summed E-state index contributed by atoms with van der Waals surface area (Å²) in [5.74, 6) is 0.958. The van der Waals surface area contributed by atoms with Crippen LogP contribution in [0.25, 0.3) is 21.8 Å². The second-order valence-corrected chi connectivity index (χ2v) is 8.56. The first kappa shape index (κ1) is 19.4. The number of benzene rings is 1. The van der Waals surface area contributed by atoms with Crippen molar-refractivity contribution in [3.8, 4) is 11.6 Å². The highest BCUT2D eigenvalue weighted by atomic mass is 32.1. The van der Waals surface area contributed by atoms with Crippen LogP contribution in [0.5, 0.6) is 0 Å². The summed E-state index contributed by atoms with van der Waals surface area (Å²) in [5, 5.41) is 3.90. The van der Waals surface area contributed by atoms with Gasteiger partial charge in [0.25, 0.3) is 5.91 Å². The first-order valence-electron chi connectivity index (χ1n) is 9.96. The Morgan fingerprint density at radius 2 is 2.03 bits per heavy atom. The molecule has 0 fully saturated rings. The molecule has 2 amide bonds. The van der Waals surface area contributed by atoms with Crippen LogP contribution in [0.4, 0.5) is 11.4 Å². The molecule has 4 aromatic rings. The van der Waals surface area contributed by atoms with Crippen LogP contribution in [0.2, 0.25) is 0 Å². The topological polar surface area (TPSA) is 88.3 Å². The summed E-state index contributed by atoms with van der Waals surface area (Å²) in [6.45, 7) is 6.08. The highest BCUT2D eigenvalue weighted by Gasteiger charge is 2.24. The Bertz CT molecular complexity index is 1340. The van der Waals surface area contributed by atoms with Crippen molar-refractivity contribution in [3.05, 3.63) is 58.3 Å². The molecule has 0 aliphatic carbocycles. The first-order chi connectivity index (χ1) is 14.9. The van der Waals surface area contributed by atoms with E-state index in [0.29, 0.717) is 28.7 Å². The normalized spacial score (nSPS) is 12.9. The van der Waals surface area contributed by atoms with E-state index >= 15 is 0 Å². The zero-order valence-electron chi connectivity index (χ0n) is 17.4. The molecule has 0 unspecified atom stereocenters. The lowest BCUT2D eigenvalue weighted by Crippen LogP contribution is -2.25. The number of furan rings is 1. The van der Waals surface area contributed by atoms with E-state index in [1.165, 1.54) is 11.3 Å². The molecule has 31 heavy (non-hydrogen) atoms. The SMILES string of the molecule is CC(=O)N1CCc2cc(NC(=O)c3sc4nc(-c5ccco5)nc(C)c4c3C)ccc21. The number of fused-ring (bicyclic) bond motifs is 2. The molecule has 3 aromatic heterocycles. The summed E-state index contributed by atoms with van der Waals surface area (Å²) >= 11 is 1.35. The van der Waals surface area contributed by atoms with Crippen LogP contribution < -0.4 is 10.2 Å². The fraction of sp³-hybridized carbons (Fsp3) is 0.217. The summed E-state index contributed by atoms with van der Waals surface area (Å²) < 4.78 is 5.42. The van der Waals surface area contributed by atoms with Crippen LogP contribution in [0.1, 0.15) is 33.4 Å². The number of anilines is 2. The van der Waals surface area contributed by atoms with Gasteiger partial charge in [0.2, 0.25) is 5.91 Å². The molecular formula is C23H20N4O3S. The number of nitrogens with zero attached hydrogens (tertiary/aromatic N) is 3. The number of aromatic nitrogens is 2. The Labute approximate surface area is 182 Å². The van der Waals surface area contributed by atoms with Gasteiger partial charge < -0.3 is 14.6 Å². The molecule has 1 aromatic carbocycles. The Morgan fingerprint density at radius 3 is 2.77 bits per heavy atom. The average molecular weight is 433 g/mol. The van der Waals surface area contributed by atoms with E-state index in [1.54, 1.807) is 24.2 Å². The van der Waals surface area contributed by atoms with E-state index in [9.17, 15) is 9.59 Å². The third kappa shape index (κ3) is 3.29. The Morgan fingerprint density at radius 1 is 1.19 bits per heavy atom. The zero-order valence-corrected chi connectivity index (χ0v) is 18.2. The third-order valence-electron chi connectivity index (χ3n) is 5.53. The number of aryl methyl sites for hydroxylation is 2. The Kier molecular flexibility index (Phi) is 4.59. The summed E-state index contributed by atoms with van der Waals surface area (Å²) in [5.41, 5.74) is 4.37. The highest BCUT2D eigenvalue weighted by Crippen LogP contribution is 2.34. The maximum absolute atomic E-state index is 13.1. The van der Waals surface area contributed by atoms with Crippen molar-refractivity contribution in [1.82, 2.24) is 9.97 Å². The average Bonchev–Trinajstić information content (AvgIpc) is 3.46. The van der Waals surface area contributed by atoms with E-state index in [0.717, 1.165) is 39.1 Å². The van der Waals surface area contributed by atoms with E-state index in [2.05, 4.69) is 15.3 Å². The molecule has 0 saturated carbocycles. The molecule has 0 bridgehead atoms. The van der Waals surface area contributed by atoms with Crippen molar-refractivity contribution in [1.29, 1.82) is 0 Å². The van der Waals surface area contributed by atoms with Crippen LogP contribution in [0.15, 0.2) is 41.0 Å². The predicted molar refractivity (Wildman–Crippen MR) is 121 cm³/mol. The lowest BCUT2D eigenvalue weighted by atomic mass is 10.1. The fourth-order valence-corrected chi connectivity index (χ4v) is 5.19. The minimum Gasteiger partial charge on any atom is -0.461 e. The third-order valence-corrected chi connectivity index (χ3v) is 6.72. The molecule has 4 heterocycles. The molecule has 0 radical (unpaired) electrons. The molecule has 7 nitrogen and oxygen atoms in total. The standard InChI is InChI=1S/C23H20N4O3S/c1-12-19-13(2)24-21(18-5-4-10-30-18)26-23(19)31-20(12)22(29)25-16-6-7-17-15(11-16)8-9-27(17)14(3)28/h4-7,10-11H,8-9H2,1-3H3,(H,25,29). The number of rotatable bonds is 3. The lowest BCUT2D eigenvalue weighted by molar-refractivity contribution is -0.116. The molecule has 0 saturated heterocycles. The minimum absolute atomic E-state index is 0.0295. The van der Waals surface area contributed by atoms with Crippen molar-refractivity contribution >= 4 is 44.7 Å². The molecule has 1 aliphatic rings. The van der Waals surface area contributed by atoms with Crippen molar-refractivity contribution in [3.63, 3.8) is 0 Å². The van der Waals surface area contributed by atoms with Gasteiger partial charge >= 0.3 is 0 Å². The molecule has 1 aliphatic heterocycles. The molecule has 1 N–H and O–H groups in total. The molecule has 5 rings (SSSR count). The Balaban J connectivity index is 1.46. The molecule has 156 valence electrons. The van der Waals surface area contributed by atoms with Crippen molar-refractivity contribution in [2.45, 2.75) is 27.2 Å². The van der Waals surface area contributed by atoms with Crippen LogP contribution in [0, 0.1) is 13.8 Å². The van der Waals surface area contributed by atoms with Gasteiger partial charge in [-0.3, -0.25) is 9.59 Å². The maximum Gasteiger partial charge on any atom is 0.266 e. The predicted octanol–water partition coefficient (Wildman–Crippen LogP) is 4.73. The van der Waals surface area contributed by atoms with Gasteiger partial charge in [0.1, 0.15) is 4.83 Å². The Hall–Kier alpha value is -3.52. The number of amides is 2. The van der Waals surface area contributed by atoms with Crippen LogP contribution in [0.3, 0.4) is 0 Å². The summed E-state index contributed by atoms with van der Waals surface area (Å²) in [4.78, 5) is 37.1. The van der Waals surface area contributed by atoms with Gasteiger partial charge in [-0.05, 0) is 61.7 Å². The highest BCUT2D eigenvalue weighted by molar-refractivity contribution is 7.20. The van der Waals surface area contributed by atoms with Crippen LogP contribution in [-0.4, -0.2) is 28.3 Å². The zero-order chi connectivity index (χ0) is 21.7. The number of thiophene rings is 1. The fourth-order valence-electron chi connectivity index (χ4n) is 4.07. The van der Waals surface area contributed by atoms with Gasteiger partial charge in [-0.2, -0.15) is 0 Å². The second kappa shape index (κ2) is 7.31. The van der Waals surface area contributed by atoms with E-state index in [4.69, 9.17) is 4.42 Å². The minimum atomic E-state index is -0.180. The number of carbonyl (C=O) groups excluding carboxylic acids is 2. The number of hydrogen-bond donors (Lipinski definition) is 1. The number of hydrogen-bond acceptors (Lipinski definition) is 6. The van der Waals surface area contributed by atoms with Gasteiger partial charge in [0.15, 0.2) is 11.6 Å². The maximum atomic E-state index is 13.1. The largest absolute Gasteiger partial charge is 0.461 e. The summed E-state index contributed by atoms with van der Waals surface area (Å²) in [7, 11) is 0. The molecule has 0 spiro atoms. The van der Waals surface area contributed by atoms with Crippen LogP contribution >= 0.6 is 11.3 Å². The lowest BCUT2D eigenvalue weighted by Gasteiger charge is -2.15. The van der Waals surface area contributed by atoms with E-state index in [-0.39, 0.29) is 11.8 Å². The monoisotopic (exact) mass is 432 g/mol. The van der Waals surface area contributed by atoms with E-state index < -0.39 is 0 Å². The van der Waals surface area contributed by atoms with E-state index in [1.807, 2.05) is 38.1 Å². The van der Waals surface area contributed by atoms with Crippen molar-refractivity contribution < 1.29 is 14.0 Å². The van der Waals surface area contributed by atoms with Gasteiger partial charge in [-0.15, -0.1) is 11.3 Å². The number of nitrogens with one attached hydrogen (secondary N) is 1. The van der Waals surface area contributed by atoms with Gasteiger partial charge in [0.05, 0.1) is 16.8 Å². The summed E-state index contributed by atoms with van der Waals surface area (Å²) in [6, 6.07) is 9.28. The first-order valence-corrected chi connectivity index (χ1v) is 10.8. The smallest absolute Gasteiger partial charge is 0.266 e. The van der Waals surface area contributed by atoms with Crippen LogP contribution in [-0.2, 0) is 11.2 Å². The van der Waals surface area contributed by atoms with Gasteiger partial charge in [-0.1, -0.05) is 0 Å². The summed E-state index contributed by atoms with van der Waals surface area (Å²) in [6.07, 6.45) is 2.37. The van der Waals surface area contributed by atoms with Crippen molar-refractivity contribution in [2.24, 2.45) is 0 Å². The van der Waals surface area contributed by atoms with Gasteiger partial charge in [0, 0.05) is 30.2 Å². The quantitative estimate of drug-likeness (QED) is 0.506. The molecule has 0 atom stereocenters. The van der Waals surface area contributed by atoms with Gasteiger partial charge in [-0.25, -0.2) is 9.97 Å². The molecular weight excluding hydrogens is 412 g/mol. The molecule has 8 heteroatoms.